The number of ether oxygens (including phenoxy) is 1. The standard InChI is InChI=1S/C18H24N4O4/c1-13(23)21-6-7-22(12-18(11-21)9-16(24)19-10-18)17(25)20-14-4-3-5-15(8-14)26-2/h3-5,8H,6-7,9-12H2,1-2H3,(H,19,24)(H,20,25). The summed E-state index contributed by atoms with van der Waals surface area (Å²) in [4.78, 5) is 39.9. The molecule has 1 atom stereocenters. The van der Waals surface area contributed by atoms with E-state index in [9.17, 15) is 14.4 Å². The van der Waals surface area contributed by atoms with Gasteiger partial charge in [0, 0.05) is 63.2 Å². The summed E-state index contributed by atoms with van der Waals surface area (Å²) in [6, 6.07) is 6.89. The van der Waals surface area contributed by atoms with Crippen LogP contribution in [-0.4, -0.2) is 67.5 Å². The number of nitrogens with zero attached hydrogens (tertiary/aromatic N) is 2. The minimum absolute atomic E-state index is 0.0384. The molecule has 2 fully saturated rings. The van der Waals surface area contributed by atoms with Crippen LogP contribution >= 0.6 is 0 Å². The molecule has 1 aromatic carbocycles. The maximum absolute atomic E-state index is 12.8. The molecule has 3 rings (SSSR count). The van der Waals surface area contributed by atoms with Crippen molar-refractivity contribution in [2.75, 3.05) is 45.2 Å². The van der Waals surface area contributed by atoms with Gasteiger partial charge < -0.3 is 25.2 Å². The van der Waals surface area contributed by atoms with Crippen LogP contribution in [-0.2, 0) is 9.59 Å². The third-order valence-electron chi connectivity index (χ3n) is 4.94. The van der Waals surface area contributed by atoms with Crippen LogP contribution in [0.25, 0.3) is 0 Å². The predicted molar refractivity (Wildman–Crippen MR) is 95.9 cm³/mol. The zero-order valence-electron chi connectivity index (χ0n) is 15.1. The van der Waals surface area contributed by atoms with Gasteiger partial charge >= 0.3 is 6.03 Å². The first-order chi connectivity index (χ1) is 12.4. The third-order valence-corrected chi connectivity index (χ3v) is 4.94. The van der Waals surface area contributed by atoms with E-state index >= 15 is 0 Å². The Bertz CT molecular complexity index is 723. The summed E-state index contributed by atoms with van der Waals surface area (Å²) >= 11 is 0. The molecule has 1 aromatic rings. The second-order valence-electron chi connectivity index (χ2n) is 6.98. The number of nitrogens with one attached hydrogen (secondary N) is 2. The summed E-state index contributed by atoms with van der Waals surface area (Å²) in [5.74, 6) is 0.575. The largest absolute Gasteiger partial charge is 0.497 e. The van der Waals surface area contributed by atoms with Gasteiger partial charge in [0.15, 0.2) is 0 Å². The van der Waals surface area contributed by atoms with Crippen LogP contribution in [0.4, 0.5) is 10.5 Å². The van der Waals surface area contributed by atoms with Crippen LogP contribution < -0.4 is 15.4 Å². The third kappa shape index (κ3) is 3.89. The van der Waals surface area contributed by atoms with Gasteiger partial charge in [0.25, 0.3) is 0 Å². The van der Waals surface area contributed by atoms with Crippen molar-refractivity contribution in [1.29, 1.82) is 0 Å². The molecule has 1 unspecified atom stereocenters. The summed E-state index contributed by atoms with van der Waals surface area (Å²) in [6.45, 7) is 3.76. The smallest absolute Gasteiger partial charge is 0.321 e. The van der Waals surface area contributed by atoms with E-state index in [0.29, 0.717) is 50.6 Å². The molecule has 8 nitrogen and oxygen atoms in total. The second-order valence-corrected chi connectivity index (χ2v) is 6.98. The van der Waals surface area contributed by atoms with E-state index in [1.165, 1.54) is 6.92 Å². The van der Waals surface area contributed by atoms with Crippen LogP contribution in [0.1, 0.15) is 13.3 Å². The van der Waals surface area contributed by atoms with E-state index in [1.807, 2.05) is 0 Å². The average Bonchev–Trinajstić information content (AvgIpc) is 2.86. The normalized spacial score (nSPS) is 22.8. The molecule has 8 heteroatoms. The van der Waals surface area contributed by atoms with E-state index in [4.69, 9.17) is 4.74 Å². The first kappa shape index (κ1) is 18.0. The van der Waals surface area contributed by atoms with Gasteiger partial charge in [-0.25, -0.2) is 4.79 Å². The number of carbonyl (C=O) groups excluding carboxylic acids is 3. The van der Waals surface area contributed by atoms with Crippen LogP contribution in [0.5, 0.6) is 5.75 Å². The lowest BCUT2D eigenvalue weighted by Crippen LogP contribution is -2.45. The van der Waals surface area contributed by atoms with E-state index in [0.717, 1.165) is 0 Å². The van der Waals surface area contributed by atoms with E-state index in [2.05, 4.69) is 10.6 Å². The fraction of sp³-hybridized carbons (Fsp3) is 0.500. The Kier molecular flexibility index (Phi) is 5.01. The molecule has 0 bridgehead atoms. The summed E-state index contributed by atoms with van der Waals surface area (Å²) < 4.78 is 5.18. The van der Waals surface area contributed by atoms with Gasteiger partial charge in [0.05, 0.1) is 7.11 Å². The number of amides is 4. The van der Waals surface area contributed by atoms with Gasteiger partial charge in [-0.3, -0.25) is 9.59 Å². The first-order valence-electron chi connectivity index (χ1n) is 8.63. The molecule has 2 N–H and O–H groups in total. The highest BCUT2D eigenvalue weighted by molar-refractivity contribution is 5.90. The maximum atomic E-state index is 12.8. The molecule has 1 spiro atoms. The summed E-state index contributed by atoms with van der Waals surface area (Å²) in [5, 5.41) is 5.71. The Morgan fingerprint density at radius 2 is 1.96 bits per heavy atom. The van der Waals surface area contributed by atoms with Gasteiger partial charge in [0.1, 0.15) is 5.75 Å². The molecule has 0 radical (unpaired) electrons. The van der Waals surface area contributed by atoms with E-state index in [-0.39, 0.29) is 17.8 Å². The van der Waals surface area contributed by atoms with Crippen molar-refractivity contribution in [3.05, 3.63) is 24.3 Å². The quantitative estimate of drug-likeness (QED) is 0.820. The lowest BCUT2D eigenvalue weighted by Gasteiger charge is -2.32. The Balaban J connectivity index is 1.76. The maximum Gasteiger partial charge on any atom is 0.321 e. The molecule has 2 aliphatic heterocycles. The Morgan fingerprint density at radius 1 is 1.23 bits per heavy atom. The number of benzene rings is 1. The predicted octanol–water partition coefficient (Wildman–Crippen LogP) is 0.897. The van der Waals surface area contributed by atoms with Gasteiger partial charge in [-0.2, -0.15) is 0 Å². The second kappa shape index (κ2) is 7.23. The summed E-state index contributed by atoms with van der Waals surface area (Å²) in [5.41, 5.74) is 0.196. The molecule has 0 aromatic heterocycles. The highest BCUT2D eigenvalue weighted by Crippen LogP contribution is 2.31. The van der Waals surface area contributed by atoms with Crippen molar-refractivity contribution in [2.24, 2.45) is 5.41 Å². The van der Waals surface area contributed by atoms with Gasteiger partial charge in [-0.15, -0.1) is 0 Å². The lowest BCUT2D eigenvalue weighted by atomic mass is 9.86. The zero-order valence-corrected chi connectivity index (χ0v) is 15.1. The van der Waals surface area contributed by atoms with Crippen molar-refractivity contribution in [2.45, 2.75) is 13.3 Å². The van der Waals surface area contributed by atoms with Crippen molar-refractivity contribution in [1.82, 2.24) is 15.1 Å². The van der Waals surface area contributed by atoms with E-state index < -0.39 is 5.41 Å². The molecule has 0 aliphatic carbocycles. The molecule has 4 amide bonds. The number of anilines is 1. The molecule has 140 valence electrons. The highest BCUT2D eigenvalue weighted by Gasteiger charge is 2.44. The highest BCUT2D eigenvalue weighted by atomic mass is 16.5. The molecule has 2 heterocycles. The number of hydrogen-bond acceptors (Lipinski definition) is 4. The van der Waals surface area contributed by atoms with Gasteiger partial charge in [0.2, 0.25) is 11.8 Å². The number of urea groups is 1. The van der Waals surface area contributed by atoms with E-state index in [1.54, 1.807) is 41.2 Å². The zero-order chi connectivity index (χ0) is 18.7. The minimum atomic E-state index is -0.440. The minimum Gasteiger partial charge on any atom is -0.497 e. The van der Waals surface area contributed by atoms with Crippen LogP contribution in [0, 0.1) is 5.41 Å². The topological polar surface area (TPSA) is 91.0 Å². The molecule has 2 aliphatic rings. The molecule has 0 saturated carbocycles. The van der Waals surface area contributed by atoms with Crippen molar-refractivity contribution >= 4 is 23.5 Å². The van der Waals surface area contributed by atoms with Crippen LogP contribution in [0.3, 0.4) is 0 Å². The Hall–Kier alpha value is -2.77. The lowest BCUT2D eigenvalue weighted by molar-refractivity contribution is -0.130. The fourth-order valence-electron chi connectivity index (χ4n) is 3.58. The molecular formula is C18H24N4O4. The van der Waals surface area contributed by atoms with Crippen LogP contribution in [0.2, 0.25) is 0 Å². The number of carbonyl (C=O) groups is 3. The Labute approximate surface area is 152 Å². The monoisotopic (exact) mass is 360 g/mol. The van der Waals surface area contributed by atoms with Crippen molar-refractivity contribution in [3.63, 3.8) is 0 Å². The van der Waals surface area contributed by atoms with Gasteiger partial charge in [-0.05, 0) is 12.1 Å². The average molecular weight is 360 g/mol. The van der Waals surface area contributed by atoms with Crippen molar-refractivity contribution < 1.29 is 19.1 Å². The number of methoxy groups -OCH3 is 1. The van der Waals surface area contributed by atoms with Crippen molar-refractivity contribution in [3.8, 4) is 5.75 Å². The number of rotatable bonds is 2. The Morgan fingerprint density at radius 3 is 2.62 bits per heavy atom. The van der Waals surface area contributed by atoms with Gasteiger partial charge in [-0.1, -0.05) is 6.07 Å². The SMILES string of the molecule is COc1cccc(NC(=O)N2CCN(C(C)=O)CC3(CNC(=O)C3)C2)c1. The van der Waals surface area contributed by atoms with Crippen LogP contribution in [0.15, 0.2) is 24.3 Å². The number of hydrogen-bond donors (Lipinski definition) is 2. The molecule has 2 saturated heterocycles. The first-order valence-corrected chi connectivity index (χ1v) is 8.63. The molecular weight excluding hydrogens is 336 g/mol. The fourth-order valence-corrected chi connectivity index (χ4v) is 3.58. The summed E-state index contributed by atoms with van der Waals surface area (Å²) in [6.07, 6.45) is 0.319. The summed E-state index contributed by atoms with van der Waals surface area (Å²) in [7, 11) is 1.57. The molecule has 26 heavy (non-hydrogen) atoms.